The summed E-state index contributed by atoms with van der Waals surface area (Å²) in [5.74, 6) is 0.727. The van der Waals surface area contributed by atoms with Crippen molar-refractivity contribution in [3.63, 3.8) is 0 Å². The topological polar surface area (TPSA) is 52.7 Å². The van der Waals surface area contributed by atoms with E-state index in [0.29, 0.717) is 5.11 Å². The van der Waals surface area contributed by atoms with Crippen LogP contribution in [0.1, 0.15) is 24.2 Å². The molecule has 0 aliphatic carbocycles. The number of rotatable bonds is 3. The van der Waals surface area contributed by atoms with E-state index >= 15 is 0 Å². The number of anilines is 1. The molecule has 4 nitrogen and oxygen atoms in total. The van der Waals surface area contributed by atoms with Gasteiger partial charge in [0.05, 0.1) is 6.04 Å². The summed E-state index contributed by atoms with van der Waals surface area (Å²) in [6, 6.07) is 12.2. The minimum atomic E-state index is 0.159. The summed E-state index contributed by atoms with van der Waals surface area (Å²) in [7, 11) is 0. The van der Waals surface area contributed by atoms with E-state index in [1.54, 1.807) is 0 Å². The molecule has 2 aromatic rings. The lowest BCUT2D eigenvalue weighted by Gasteiger charge is -2.16. The Morgan fingerprint density at radius 2 is 2.06 bits per heavy atom. The lowest BCUT2D eigenvalue weighted by molar-refractivity contribution is 0.722. The smallest absolute Gasteiger partial charge is 0.172 e. The number of benzene rings is 1. The van der Waals surface area contributed by atoms with E-state index in [0.717, 1.165) is 11.5 Å². The average molecular weight is 260 g/mol. The summed E-state index contributed by atoms with van der Waals surface area (Å²) in [5, 5.41) is 13.8. The summed E-state index contributed by atoms with van der Waals surface area (Å²) in [5.41, 5.74) is 2.19. The highest BCUT2D eigenvalue weighted by atomic mass is 32.1. The molecular formula is C13H16N4S. The number of nitrogens with zero attached hydrogens (tertiary/aromatic N) is 1. The van der Waals surface area contributed by atoms with Crippen molar-refractivity contribution in [3.05, 3.63) is 47.7 Å². The van der Waals surface area contributed by atoms with Gasteiger partial charge in [-0.05, 0) is 31.6 Å². The number of aromatic nitrogens is 2. The Morgan fingerprint density at radius 1 is 1.33 bits per heavy atom. The predicted molar refractivity (Wildman–Crippen MR) is 77.5 cm³/mol. The molecule has 0 radical (unpaired) electrons. The second-order valence-electron chi connectivity index (χ2n) is 4.17. The first-order chi connectivity index (χ1) is 8.65. The highest BCUT2D eigenvalue weighted by Crippen LogP contribution is 2.11. The first-order valence-corrected chi connectivity index (χ1v) is 6.20. The third-order valence-corrected chi connectivity index (χ3v) is 2.81. The molecule has 2 rings (SSSR count). The molecule has 0 spiro atoms. The molecule has 0 saturated carbocycles. The molecule has 1 heterocycles. The standard InChI is InChI=1S/C13H16N4S/c1-9-8-12(17-16-9)15-13(18)14-10(2)11-6-4-3-5-7-11/h3-8,10H,1-2H3,(H3,14,15,16,17,18). The van der Waals surface area contributed by atoms with Crippen LogP contribution in [-0.4, -0.2) is 15.3 Å². The van der Waals surface area contributed by atoms with E-state index < -0.39 is 0 Å². The molecule has 3 N–H and O–H groups in total. The third-order valence-electron chi connectivity index (χ3n) is 2.59. The maximum absolute atomic E-state index is 5.25. The van der Waals surface area contributed by atoms with Crippen LogP contribution in [0.15, 0.2) is 36.4 Å². The van der Waals surface area contributed by atoms with Gasteiger partial charge in [-0.25, -0.2) is 0 Å². The zero-order valence-electron chi connectivity index (χ0n) is 10.4. The lowest BCUT2D eigenvalue weighted by Crippen LogP contribution is -2.30. The molecule has 1 aromatic heterocycles. The van der Waals surface area contributed by atoms with Crippen LogP contribution in [0.4, 0.5) is 5.82 Å². The largest absolute Gasteiger partial charge is 0.356 e. The van der Waals surface area contributed by atoms with Gasteiger partial charge in [-0.3, -0.25) is 5.10 Å². The molecule has 0 aliphatic rings. The quantitative estimate of drug-likeness (QED) is 0.743. The van der Waals surface area contributed by atoms with Gasteiger partial charge >= 0.3 is 0 Å². The zero-order chi connectivity index (χ0) is 13.0. The molecule has 1 aromatic carbocycles. The number of thiocarbonyl (C=S) groups is 1. The van der Waals surface area contributed by atoms with Gasteiger partial charge in [0.1, 0.15) is 0 Å². The minimum Gasteiger partial charge on any atom is -0.356 e. The summed E-state index contributed by atoms with van der Waals surface area (Å²) in [4.78, 5) is 0. The van der Waals surface area contributed by atoms with E-state index in [1.165, 1.54) is 5.56 Å². The van der Waals surface area contributed by atoms with Crippen molar-refractivity contribution in [2.45, 2.75) is 19.9 Å². The Balaban J connectivity index is 1.92. The monoisotopic (exact) mass is 260 g/mol. The van der Waals surface area contributed by atoms with Gasteiger partial charge in [-0.15, -0.1) is 0 Å². The fraction of sp³-hybridized carbons (Fsp3) is 0.231. The Kier molecular flexibility index (Phi) is 3.94. The minimum absolute atomic E-state index is 0.159. The molecule has 0 saturated heterocycles. The number of nitrogens with one attached hydrogen (secondary N) is 3. The maximum Gasteiger partial charge on any atom is 0.172 e. The van der Waals surface area contributed by atoms with E-state index in [-0.39, 0.29) is 6.04 Å². The van der Waals surface area contributed by atoms with Crippen molar-refractivity contribution >= 4 is 23.1 Å². The van der Waals surface area contributed by atoms with Gasteiger partial charge in [-0.1, -0.05) is 30.3 Å². The van der Waals surface area contributed by atoms with E-state index in [1.807, 2.05) is 31.2 Å². The summed E-state index contributed by atoms with van der Waals surface area (Å²) in [6.45, 7) is 4.01. The van der Waals surface area contributed by atoms with Crippen LogP contribution < -0.4 is 10.6 Å². The predicted octanol–water partition coefficient (Wildman–Crippen LogP) is 2.77. The Labute approximate surface area is 112 Å². The van der Waals surface area contributed by atoms with Crippen molar-refractivity contribution in [2.24, 2.45) is 0 Å². The molecule has 0 fully saturated rings. The van der Waals surface area contributed by atoms with Gasteiger partial charge in [0, 0.05) is 11.8 Å². The number of hydrogen-bond acceptors (Lipinski definition) is 2. The first-order valence-electron chi connectivity index (χ1n) is 5.79. The van der Waals surface area contributed by atoms with Crippen LogP contribution >= 0.6 is 12.2 Å². The number of H-pyrrole nitrogens is 1. The Bertz CT molecular complexity index is 521. The summed E-state index contributed by atoms with van der Waals surface area (Å²) < 4.78 is 0. The second kappa shape index (κ2) is 5.64. The maximum atomic E-state index is 5.25. The van der Waals surface area contributed by atoms with Gasteiger partial charge in [0.25, 0.3) is 0 Å². The van der Waals surface area contributed by atoms with Crippen molar-refractivity contribution in [2.75, 3.05) is 5.32 Å². The molecule has 1 atom stereocenters. The SMILES string of the molecule is Cc1cc(NC(=S)NC(C)c2ccccc2)n[nH]1. The van der Waals surface area contributed by atoms with Crippen LogP contribution in [-0.2, 0) is 0 Å². The van der Waals surface area contributed by atoms with Gasteiger partial charge < -0.3 is 10.6 Å². The molecular weight excluding hydrogens is 244 g/mol. The normalized spacial score (nSPS) is 11.9. The summed E-state index contributed by atoms with van der Waals surface area (Å²) >= 11 is 5.25. The van der Waals surface area contributed by atoms with Gasteiger partial charge in [0.2, 0.25) is 0 Å². The molecule has 0 amide bonds. The first kappa shape index (κ1) is 12.6. The van der Waals surface area contributed by atoms with E-state index in [2.05, 4.69) is 39.9 Å². The molecule has 18 heavy (non-hydrogen) atoms. The van der Waals surface area contributed by atoms with Gasteiger partial charge in [0.15, 0.2) is 10.9 Å². The Hall–Kier alpha value is -1.88. The molecule has 5 heteroatoms. The average Bonchev–Trinajstić information content (AvgIpc) is 2.75. The van der Waals surface area contributed by atoms with Gasteiger partial charge in [-0.2, -0.15) is 5.10 Å². The number of aromatic amines is 1. The van der Waals surface area contributed by atoms with Crippen LogP contribution in [0.3, 0.4) is 0 Å². The number of aryl methyl sites for hydroxylation is 1. The van der Waals surface area contributed by atoms with Crippen LogP contribution in [0.5, 0.6) is 0 Å². The highest BCUT2D eigenvalue weighted by molar-refractivity contribution is 7.80. The van der Waals surface area contributed by atoms with Crippen molar-refractivity contribution in [1.82, 2.24) is 15.5 Å². The van der Waals surface area contributed by atoms with E-state index in [4.69, 9.17) is 12.2 Å². The summed E-state index contributed by atoms with van der Waals surface area (Å²) in [6.07, 6.45) is 0. The fourth-order valence-electron chi connectivity index (χ4n) is 1.66. The van der Waals surface area contributed by atoms with Crippen LogP contribution in [0.25, 0.3) is 0 Å². The van der Waals surface area contributed by atoms with Crippen LogP contribution in [0.2, 0.25) is 0 Å². The third kappa shape index (κ3) is 3.30. The van der Waals surface area contributed by atoms with Crippen molar-refractivity contribution in [3.8, 4) is 0 Å². The molecule has 0 bridgehead atoms. The number of hydrogen-bond donors (Lipinski definition) is 3. The van der Waals surface area contributed by atoms with Crippen molar-refractivity contribution in [1.29, 1.82) is 0 Å². The Morgan fingerprint density at radius 3 is 2.67 bits per heavy atom. The fourth-order valence-corrected chi connectivity index (χ4v) is 1.94. The molecule has 94 valence electrons. The molecule has 0 aliphatic heterocycles. The highest BCUT2D eigenvalue weighted by Gasteiger charge is 2.07. The van der Waals surface area contributed by atoms with Crippen LogP contribution in [0, 0.1) is 6.92 Å². The second-order valence-corrected chi connectivity index (χ2v) is 4.58. The van der Waals surface area contributed by atoms with E-state index in [9.17, 15) is 0 Å². The zero-order valence-corrected chi connectivity index (χ0v) is 11.2. The molecule has 1 unspecified atom stereocenters. The van der Waals surface area contributed by atoms with Crippen molar-refractivity contribution < 1.29 is 0 Å². The lowest BCUT2D eigenvalue weighted by atomic mass is 10.1.